The number of carbonyl (C=O) groups is 1. The number of sulfonamides is 1. The van der Waals surface area contributed by atoms with Crippen LogP contribution in [0.2, 0.25) is 5.02 Å². The third-order valence-corrected chi connectivity index (χ3v) is 6.37. The molecule has 28 heavy (non-hydrogen) atoms. The van der Waals surface area contributed by atoms with Crippen LogP contribution in [0, 0.1) is 20.8 Å². The second-order valence-corrected chi connectivity index (χ2v) is 9.53. The fraction of sp³-hybridized carbons (Fsp3) is 0.381. The summed E-state index contributed by atoms with van der Waals surface area (Å²) in [6, 6.07) is 9.36. The Morgan fingerprint density at radius 1 is 1.00 bits per heavy atom. The zero-order chi connectivity index (χ0) is 21.2. The molecule has 0 fully saturated rings. The lowest BCUT2D eigenvalue weighted by Crippen LogP contribution is -2.48. The number of hydrogen-bond donors (Lipinski definition) is 1. The van der Waals surface area contributed by atoms with Gasteiger partial charge in [0.1, 0.15) is 6.04 Å². The summed E-state index contributed by atoms with van der Waals surface area (Å²) in [5, 5.41) is 3.44. The molecular weight excluding hydrogens is 396 g/mol. The van der Waals surface area contributed by atoms with Crippen LogP contribution in [0.5, 0.6) is 0 Å². The Labute approximate surface area is 172 Å². The number of halogens is 1. The normalized spacial score (nSPS) is 13.7. The van der Waals surface area contributed by atoms with Crippen molar-refractivity contribution in [2.45, 2.75) is 46.7 Å². The summed E-state index contributed by atoms with van der Waals surface area (Å²) in [4.78, 5) is 12.9. The van der Waals surface area contributed by atoms with E-state index in [1.165, 1.54) is 5.56 Å². The molecule has 0 unspecified atom stereocenters. The van der Waals surface area contributed by atoms with Crippen LogP contribution in [-0.2, 0) is 14.8 Å². The third kappa shape index (κ3) is 5.06. The SMILES string of the molecule is Cc1cc(C)c([C@H](C)NC(=O)[C@@H](C)N(c2ccc(Cl)cc2)S(C)(=O)=O)cc1C. The highest BCUT2D eigenvalue weighted by molar-refractivity contribution is 7.92. The molecule has 0 aromatic heterocycles. The van der Waals surface area contributed by atoms with E-state index in [0.717, 1.165) is 27.3 Å². The number of hydrogen-bond acceptors (Lipinski definition) is 3. The van der Waals surface area contributed by atoms with E-state index in [-0.39, 0.29) is 11.9 Å². The van der Waals surface area contributed by atoms with E-state index in [0.29, 0.717) is 10.7 Å². The zero-order valence-corrected chi connectivity index (χ0v) is 18.6. The number of amides is 1. The first-order valence-electron chi connectivity index (χ1n) is 9.05. The highest BCUT2D eigenvalue weighted by Gasteiger charge is 2.30. The fourth-order valence-corrected chi connectivity index (χ4v) is 4.56. The Hall–Kier alpha value is -2.05. The van der Waals surface area contributed by atoms with Gasteiger partial charge in [0.05, 0.1) is 18.0 Å². The number of anilines is 1. The van der Waals surface area contributed by atoms with E-state index >= 15 is 0 Å². The topological polar surface area (TPSA) is 66.5 Å². The van der Waals surface area contributed by atoms with Gasteiger partial charge in [-0.2, -0.15) is 0 Å². The van der Waals surface area contributed by atoms with Crippen LogP contribution in [0.25, 0.3) is 0 Å². The maximum atomic E-state index is 12.9. The van der Waals surface area contributed by atoms with E-state index in [1.807, 2.05) is 27.7 Å². The zero-order valence-electron chi connectivity index (χ0n) is 17.1. The fourth-order valence-electron chi connectivity index (χ4n) is 3.26. The Bertz CT molecular complexity index is 972. The summed E-state index contributed by atoms with van der Waals surface area (Å²) in [7, 11) is -3.67. The first-order chi connectivity index (χ1) is 12.9. The molecule has 0 bridgehead atoms. The minimum atomic E-state index is -3.67. The van der Waals surface area contributed by atoms with Crippen LogP contribution in [0.1, 0.15) is 42.1 Å². The number of carbonyl (C=O) groups excluding carboxylic acids is 1. The molecule has 1 N–H and O–H groups in total. The Balaban J connectivity index is 2.28. The summed E-state index contributed by atoms with van der Waals surface area (Å²) in [6.45, 7) is 9.55. The molecule has 0 saturated carbocycles. The Morgan fingerprint density at radius 2 is 1.54 bits per heavy atom. The van der Waals surface area contributed by atoms with Crippen LogP contribution in [0.15, 0.2) is 36.4 Å². The second kappa shape index (κ2) is 8.53. The van der Waals surface area contributed by atoms with Crippen molar-refractivity contribution >= 4 is 33.2 Å². The number of nitrogens with zero attached hydrogens (tertiary/aromatic N) is 1. The lowest BCUT2D eigenvalue weighted by atomic mass is 9.96. The molecule has 152 valence electrons. The van der Waals surface area contributed by atoms with Crippen molar-refractivity contribution < 1.29 is 13.2 Å². The number of rotatable bonds is 6. The van der Waals surface area contributed by atoms with E-state index in [4.69, 9.17) is 11.6 Å². The highest BCUT2D eigenvalue weighted by atomic mass is 35.5. The van der Waals surface area contributed by atoms with Crippen LogP contribution >= 0.6 is 11.6 Å². The smallest absolute Gasteiger partial charge is 0.244 e. The van der Waals surface area contributed by atoms with Gasteiger partial charge in [-0.25, -0.2) is 8.42 Å². The summed E-state index contributed by atoms with van der Waals surface area (Å²) < 4.78 is 25.8. The summed E-state index contributed by atoms with van der Waals surface area (Å²) in [5.41, 5.74) is 4.83. The predicted octanol–water partition coefficient (Wildman–Crippen LogP) is 4.30. The number of aryl methyl sites for hydroxylation is 3. The predicted molar refractivity (Wildman–Crippen MR) is 115 cm³/mol. The molecule has 0 aliphatic carbocycles. The quantitative estimate of drug-likeness (QED) is 0.754. The van der Waals surface area contributed by atoms with Gasteiger partial charge < -0.3 is 5.32 Å². The van der Waals surface area contributed by atoms with Crippen LogP contribution in [-0.4, -0.2) is 26.6 Å². The molecule has 0 heterocycles. The van der Waals surface area contributed by atoms with Crippen molar-refractivity contribution in [2.75, 3.05) is 10.6 Å². The molecule has 0 aliphatic heterocycles. The van der Waals surface area contributed by atoms with Crippen LogP contribution < -0.4 is 9.62 Å². The Morgan fingerprint density at radius 3 is 2.07 bits per heavy atom. The molecule has 1 amide bonds. The second-order valence-electron chi connectivity index (χ2n) is 7.23. The van der Waals surface area contributed by atoms with Crippen molar-refractivity contribution in [3.63, 3.8) is 0 Å². The minimum absolute atomic E-state index is 0.249. The van der Waals surface area contributed by atoms with E-state index < -0.39 is 16.1 Å². The molecule has 2 aromatic rings. The maximum absolute atomic E-state index is 12.9. The van der Waals surface area contributed by atoms with Gasteiger partial charge in [-0.05, 0) is 81.1 Å². The van der Waals surface area contributed by atoms with Gasteiger partial charge >= 0.3 is 0 Å². The van der Waals surface area contributed by atoms with E-state index in [9.17, 15) is 13.2 Å². The van der Waals surface area contributed by atoms with Crippen LogP contribution in [0.3, 0.4) is 0 Å². The summed E-state index contributed by atoms with van der Waals surface area (Å²) in [6.07, 6.45) is 1.09. The van der Waals surface area contributed by atoms with Crippen molar-refractivity contribution in [3.8, 4) is 0 Å². The molecule has 0 aliphatic rings. The first kappa shape index (κ1) is 22.2. The summed E-state index contributed by atoms with van der Waals surface area (Å²) >= 11 is 5.90. The van der Waals surface area contributed by atoms with Gasteiger partial charge in [0.2, 0.25) is 15.9 Å². The third-order valence-electron chi connectivity index (χ3n) is 4.88. The van der Waals surface area contributed by atoms with Gasteiger partial charge in [-0.15, -0.1) is 0 Å². The molecule has 5 nitrogen and oxygen atoms in total. The molecule has 0 radical (unpaired) electrons. The minimum Gasteiger partial charge on any atom is -0.348 e. The molecule has 2 aromatic carbocycles. The highest BCUT2D eigenvalue weighted by Crippen LogP contribution is 2.25. The van der Waals surface area contributed by atoms with Crippen molar-refractivity contribution in [3.05, 3.63) is 63.7 Å². The molecule has 2 atom stereocenters. The molecule has 0 spiro atoms. The molecule has 7 heteroatoms. The number of benzene rings is 2. The molecular formula is C21H27ClN2O3S. The standard InChI is InChI=1S/C21H27ClN2O3S/c1-13-11-15(3)20(12-14(13)2)16(4)23-21(25)17(5)24(28(6,26)27)19-9-7-18(22)8-10-19/h7-12,16-17H,1-6H3,(H,23,25)/t16-,17+/m0/s1. The van der Waals surface area contributed by atoms with Gasteiger partial charge in [0.25, 0.3) is 0 Å². The summed E-state index contributed by atoms with van der Waals surface area (Å²) in [5.74, 6) is -0.370. The van der Waals surface area contributed by atoms with Gasteiger partial charge in [0, 0.05) is 5.02 Å². The van der Waals surface area contributed by atoms with Gasteiger partial charge in [-0.1, -0.05) is 23.7 Å². The average molecular weight is 423 g/mol. The van der Waals surface area contributed by atoms with Gasteiger partial charge in [-0.3, -0.25) is 9.10 Å². The lowest BCUT2D eigenvalue weighted by molar-refractivity contribution is -0.122. The van der Waals surface area contributed by atoms with E-state index in [1.54, 1.807) is 31.2 Å². The molecule has 2 rings (SSSR count). The van der Waals surface area contributed by atoms with Gasteiger partial charge in [0.15, 0.2) is 0 Å². The van der Waals surface area contributed by atoms with E-state index in [2.05, 4.69) is 17.4 Å². The monoisotopic (exact) mass is 422 g/mol. The Kier molecular flexibility index (Phi) is 6.78. The van der Waals surface area contributed by atoms with Crippen molar-refractivity contribution in [1.29, 1.82) is 0 Å². The van der Waals surface area contributed by atoms with Crippen LogP contribution in [0.4, 0.5) is 5.69 Å². The van der Waals surface area contributed by atoms with Crippen molar-refractivity contribution in [2.24, 2.45) is 0 Å². The first-order valence-corrected chi connectivity index (χ1v) is 11.3. The lowest BCUT2D eigenvalue weighted by Gasteiger charge is -2.29. The van der Waals surface area contributed by atoms with Crippen molar-refractivity contribution in [1.82, 2.24) is 5.32 Å². The average Bonchev–Trinajstić information content (AvgIpc) is 2.58. The number of nitrogens with one attached hydrogen (secondary N) is 1. The largest absolute Gasteiger partial charge is 0.348 e. The molecule has 0 saturated heterocycles. The maximum Gasteiger partial charge on any atom is 0.244 e.